The van der Waals surface area contributed by atoms with E-state index in [2.05, 4.69) is 31.0 Å². The second kappa shape index (κ2) is 6.38. The van der Waals surface area contributed by atoms with Crippen LogP contribution in [-0.4, -0.2) is 36.6 Å². The minimum Gasteiger partial charge on any atom is -0.311 e. The van der Waals surface area contributed by atoms with E-state index in [0.29, 0.717) is 11.5 Å². The molecular weight excluding hydrogens is 220 g/mol. The van der Waals surface area contributed by atoms with E-state index in [1.165, 1.54) is 64.6 Å². The molecule has 2 fully saturated rings. The molecule has 2 aliphatic rings. The third-order valence-corrected chi connectivity index (χ3v) is 5.05. The third-order valence-electron chi connectivity index (χ3n) is 5.05. The van der Waals surface area contributed by atoms with E-state index in [9.17, 15) is 0 Å². The monoisotopic (exact) mass is 252 g/mol. The zero-order chi connectivity index (χ0) is 13.0. The average Bonchev–Trinajstić information content (AvgIpc) is 2.78. The van der Waals surface area contributed by atoms with E-state index in [4.69, 9.17) is 0 Å². The predicted octanol–water partition coefficient (Wildman–Crippen LogP) is 3.42. The third kappa shape index (κ3) is 3.71. The molecule has 1 unspecified atom stereocenters. The van der Waals surface area contributed by atoms with Gasteiger partial charge in [0.05, 0.1) is 0 Å². The average molecular weight is 252 g/mol. The van der Waals surface area contributed by atoms with Crippen LogP contribution in [0.3, 0.4) is 0 Å². The topological polar surface area (TPSA) is 15.3 Å². The molecule has 106 valence electrons. The minimum absolute atomic E-state index is 0.626. The van der Waals surface area contributed by atoms with Crippen LogP contribution in [0.2, 0.25) is 0 Å². The van der Waals surface area contributed by atoms with Crippen LogP contribution in [0.1, 0.15) is 65.7 Å². The second-order valence-electron chi connectivity index (χ2n) is 6.96. The first-order valence-corrected chi connectivity index (χ1v) is 8.12. The first-order chi connectivity index (χ1) is 8.63. The van der Waals surface area contributed by atoms with Crippen molar-refractivity contribution in [2.75, 3.05) is 19.6 Å². The van der Waals surface area contributed by atoms with E-state index in [1.807, 2.05) is 0 Å². The van der Waals surface area contributed by atoms with Gasteiger partial charge in [0.1, 0.15) is 0 Å². The molecule has 1 aliphatic carbocycles. The van der Waals surface area contributed by atoms with Crippen LogP contribution < -0.4 is 5.32 Å². The summed E-state index contributed by atoms with van der Waals surface area (Å²) in [4.78, 5) is 2.75. The van der Waals surface area contributed by atoms with Gasteiger partial charge in [-0.05, 0) is 44.1 Å². The normalized spacial score (nSPS) is 29.0. The highest BCUT2D eigenvalue weighted by atomic mass is 15.2. The summed E-state index contributed by atoms with van der Waals surface area (Å²) in [5.74, 6) is 0. The summed E-state index contributed by atoms with van der Waals surface area (Å²) in [7, 11) is 0. The summed E-state index contributed by atoms with van der Waals surface area (Å²) in [6, 6.07) is 1.36. The second-order valence-corrected chi connectivity index (χ2v) is 6.96. The van der Waals surface area contributed by atoms with Crippen LogP contribution in [0.15, 0.2) is 0 Å². The van der Waals surface area contributed by atoms with Gasteiger partial charge in [-0.15, -0.1) is 0 Å². The Labute approximate surface area is 114 Å². The van der Waals surface area contributed by atoms with Crippen LogP contribution in [0.4, 0.5) is 0 Å². The smallest absolute Gasteiger partial charge is 0.0197 e. The number of nitrogens with zero attached hydrogens (tertiary/aromatic N) is 1. The minimum atomic E-state index is 0.626. The van der Waals surface area contributed by atoms with Gasteiger partial charge < -0.3 is 10.2 Å². The van der Waals surface area contributed by atoms with Gasteiger partial charge >= 0.3 is 0 Å². The highest BCUT2D eigenvalue weighted by Gasteiger charge is 2.34. The maximum absolute atomic E-state index is 3.73. The summed E-state index contributed by atoms with van der Waals surface area (Å²) in [5.41, 5.74) is 0.666. The molecule has 1 saturated carbocycles. The molecule has 0 aromatic rings. The molecule has 1 heterocycles. The maximum atomic E-state index is 3.73. The summed E-state index contributed by atoms with van der Waals surface area (Å²) in [6.07, 6.45) is 10.0. The van der Waals surface area contributed by atoms with E-state index >= 15 is 0 Å². The molecule has 2 rings (SSSR count). The Hall–Kier alpha value is -0.0800. The zero-order valence-corrected chi connectivity index (χ0v) is 12.7. The SMILES string of the molecule is CCC1(CN2CCCC(NC(C)C)C2)CCCC1. The molecule has 18 heavy (non-hydrogen) atoms. The lowest BCUT2D eigenvalue weighted by molar-refractivity contribution is 0.109. The molecule has 0 aromatic carbocycles. The number of piperidine rings is 1. The van der Waals surface area contributed by atoms with Crippen LogP contribution in [0, 0.1) is 5.41 Å². The lowest BCUT2D eigenvalue weighted by Crippen LogP contribution is -2.50. The largest absolute Gasteiger partial charge is 0.311 e. The van der Waals surface area contributed by atoms with Gasteiger partial charge in [0.25, 0.3) is 0 Å². The van der Waals surface area contributed by atoms with E-state index in [0.717, 1.165) is 6.04 Å². The van der Waals surface area contributed by atoms with Crippen molar-refractivity contribution in [3.05, 3.63) is 0 Å². The van der Waals surface area contributed by atoms with Crippen molar-refractivity contribution >= 4 is 0 Å². The number of hydrogen-bond acceptors (Lipinski definition) is 2. The summed E-state index contributed by atoms with van der Waals surface area (Å²) < 4.78 is 0. The van der Waals surface area contributed by atoms with Crippen LogP contribution in [-0.2, 0) is 0 Å². The van der Waals surface area contributed by atoms with E-state index in [1.54, 1.807) is 0 Å². The Morgan fingerprint density at radius 1 is 1.22 bits per heavy atom. The highest BCUT2D eigenvalue weighted by molar-refractivity contribution is 4.89. The molecule has 1 N–H and O–H groups in total. The van der Waals surface area contributed by atoms with Gasteiger partial charge in [0, 0.05) is 25.2 Å². The Morgan fingerprint density at radius 3 is 2.56 bits per heavy atom. The Kier molecular flexibility index (Phi) is 5.08. The van der Waals surface area contributed by atoms with Crippen molar-refractivity contribution in [3.8, 4) is 0 Å². The van der Waals surface area contributed by atoms with Crippen LogP contribution in [0.25, 0.3) is 0 Å². The van der Waals surface area contributed by atoms with Gasteiger partial charge in [-0.3, -0.25) is 0 Å². The lowest BCUT2D eigenvalue weighted by Gasteiger charge is -2.40. The fraction of sp³-hybridized carbons (Fsp3) is 1.00. The number of hydrogen-bond donors (Lipinski definition) is 1. The molecule has 2 nitrogen and oxygen atoms in total. The number of likely N-dealkylation sites (tertiary alicyclic amines) is 1. The van der Waals surface area contributed by atoms with E-state index in [-0.39, 0.29) is 0 Å². The van der Waals surface area contributed by atoms with Crippen LogP contribution >= 0.6 is 0 Å². The molecule has 0 aromatic heterocycles. The Morgan fingerprint density at radius 2 is 1.94 bits per heavy atom. The van der Waals surface area contributed by atoms with Crippen molar-refractivity contribution in [1.82, 2.24) is 10.2 Å². The molecule has 2 heteroatoms. The van der Waals surface area contributed by atoms with Gasteiger partial charge in [-0.25, -0.2) is 0 Å². The van der Waals surface area contributed by atoms with Crippen molar-refractivity contribution < 1.29 is 0 Å². The molecule has 1 saturated heterocycles. The first-order valence-electron chi connectivity index (χ1n) is 8.12. The zero-order valence-electron chi connectivity index (χ0n) is 12.7. The van der Waals surface area contributed by atoms with Crippen molar-refractivity contribution in [2.24, 2.45) is 5.41 Å². The molecule has 1 atom stereocenters. The molecule has 0 bridgehead atoms. The molecular formula is C16H32N2. The molecule has 0 amide bonds. The maximum Gasteiger partial charge on any atom is 0.0197 e. The fourth-order valence-corrected chi connectivity index (χ4v) is 4.03. The van der Waals surface area contributed by atoms with Crippen molar-refractivity contribution in [2.45, 2.75) is 77.8 Å². The quantitative estimate of drug-likeness (QED) is 0.806. The van der Waals surface area contributed by atoms with Crippen molar-refractivity contribution in [3.63, 3.8) is 0 Å². The molecule has 0 spiro atoms. The molecule has 0 radical (unpaired) electrons. The molecule has 1 aliphatic heterocycles. The van der Waals surface area contributed by atoms with Crippen LogP contribution in [0.5, 0.6) is 0 Å². The summed E-state index contributed by atoms with van der Waals surface area (Å²) in [6.45, 7) is 10.9. The van der Waals surface area contributed by atoms with E-state index < -0.39 is 0 Å². The summed E-state index contributed by atoms with van der Waals surface area (Å²) in [5, 5.41) is 3.73. The lowest BCUT2D eigenvalue weighted by atomic mass is 9.82. The standard InChI is InChI=1S/C16H32N2/c1-4-16(9-5-6-10-16)13-18-11-7-8-15(12-18)17-14(2)3/h14-15,17H,4-13H2,1-3H3. The predicted molar refractivity (Wildman–Crippen MR) is 78.9 cm³/mol. The first kappa shape index (κ1) is 14.3. The van der Waals surface area contributed by atoms with Crippen molar-refractivity contribution in [1.29, 1.82) is 0 Å². The highest BCUT2D eigenvalue weighted by Crippen LogP contribution is 2.41. The van der Waals surface area contributed by atoms with Gasteiger partial charge in [-0.2, -0.15) is 0 Å². The summed E-state index contributed by atoms with van der Waals surface area (Å²) >= 11 is 0. The van der Waals surface area contributed by atoms with Gasteiger partial charge in [-0.1, -0.05) is 33.6 Å². The fourth-order valence-electron chi connectivity index (χ4n) is 4.03. The number of nitrogens with one attached hydrogen (secondary N) is 1. The number of rotatable bonds is 5. The van der Waals surface area contributed by atoms with Gasteiger partial charge in [0.15, 0.2) is 0 Å². The Bertz CT molecular complexity index is 243. The van der Waals surface area contributed by atoms with Gasteiger partial charge in [0.2, 0.25) is 0 Å². The Balaban J connectivity index is 1.85.